The fourth-order valence-corrected chi connectivity index (χ4v) is 4.51. The Labute approximate surface area is 143 Å². The summed E-state index contributed by atoms with van der Waals surface area (Å²) in [6.45, 7) is 1.96. The molecule has 9 nitrogen and oxygen atoms in total. The number of nitrogens with one attached hydrogen (secondary N) is 1. The number of ketones is 2. The predicted molar refractivity (Wildman–Crippen MR) is 82.9 cm³/mol. The number of piperazine rings is 1. The van der Waals surface area contributed by atoms with Crippen molar-refractivity contribution in [3.63, 3.8) is 0 Å². The van der Waals surface area contributed by atoms with E-state index < -0.39 is 17.7 Å². The highest BCUT2D eigenvalue weighted by molar-refractivity contribution is 6.25. The summed E-state index contributed by atoms with van der Waals surface area (Å²) in [4.78, 5) is 38.9. The zero-order valence-corrected chi connectivity index (χ0v) is 14.1. The highest BCUT2D eigenvalue weighted by Crippen LogP contribution is 2.55. The zero-order valence-electron chi connectivity index (χ0n) is 14.1. The van der Waals surface area contributed by atoms with Crippen molar-refractivity contribution >= 4 is 17.7 Å². The number of amides is 1. The van der Waals surface area contributed by atoms with E-state index in [1.807, 2.05) is 4.90 Å². The monoisotopic (exact) mass is 349 g/mol. The molecule has 0 aromatic rings. The number of rotatable bonds is 4. The molecule has 4 rings (SSSR count). The van der Waals surface area contributed by atoms with E-state index in [-0.39, 0.29) is 47.2 Å². The van der Waals surface area contributed by atoms with Gasteiger partial charge in [0.2, 0.25) is 11.6 Å². The predicted octanol–water partition coefficient (Wildman–Crippen LogP) is -0.963. The van der Waals surface area contributed by atoms with Crippen LogP contribution in [0.5, 0.6) is 0 Å². The third-order valence-corrected chi connectivity index (χ3v) is 5.58. The molecule has 9 heteroatoms. The average molecular weight is 349 g/mol. The summed E-state index contributed by atoms with van der Waals surface area (Å²) in [5.74, 6) is -1.27. The van der Waals surface area contributed by atoms with E-state index >= 15 is 0 Å². The number of hydrogen-bond donors (Lipinski definition) is 2. The lowest BCUT2D eigenvalue weighted by atomic mass is 9.83. The number of nitrogens with zero attached hydrogens (tertiary/aromatic N) is 1. The van der Waals surface area contributed by atoms with E-state index in [9.17, 15) is 14.4 Å². The minimum atomic E-state index is -0.959. The third-order valence-electron chi connectivity index (χ3n) is 5.58. The Bertz CT molecular complexity index is 772. The minimum Gasteiger partial charge on any atom is -0.492 e. The summed E-state index contributed by atoms with van der Waals surface area (Å²) in [5.41, 5.74) is 5.00. The molecular formula is C16H19N3O6. The van der Waals surface area contributed by atoms with E-state index in [1.54, 1.807) is 6.92 Å². The van der Waals surface area contributed by atoms with Crippen molar-refractivity contribution in [1.29, 1.82) is 0 Å². The second kappa shape index (κ2) is 5.06. The molecule has 4 atom stereocenters. The number of methoxy groups -OCH3 is 2. The SMILES string of the molecule is COC1=C(C)C(=O)C2=C(C1=O)[C@H](COC(N)=O)[C@]1(OC)[C@H]3N[C@H]3CN21. The summed E-state index contributed by atoms with van der Waals surface area (Å²) in [7, 11) is 2.88. The Morgan fingerprint density at radius 3 is 2.68 bits per heavy atom. The molecule has 0 spiro atoms. The number of hydrogen-bond acceptors (Lipinski definition) is 8. The van der Waals surface area contributed by atoms with E-state index in [1.165, 1.54) is 14.2 Å². The smallest absolute Gasteiger partial charge is 0.404 e. The van der Waals surface area contributed by atoms with Gasteiger partial charge in [-0.3, -0.25) is 9.59 Å². The second-order valence-electron chi connectivity index (χ2n) is 6.58. The Morgan fingerprint density at radius 1 is 1.36 bits per heavy atom. The van der Waals surface area contributed by atoms with Crippen molar-refractivity contribution in [2.75, 3.05) is 27.4 Å². The molecule has 25 heavy (non-hydrogen) atoms. The van der Waals surface area contributed by atoms with E-state index in [0.29, 0.717) is 12.2 Å². The van der Waals surface area contributed by atoms with Gasteiger partial charge in [-0.15, -0.1) is 0 Å². The molecule has 3 N–H and O–H groups in total. The molecule has 0 saturated carbocycles. The quantitative estimate of drug-likeness (QED) is 0.490. The number of primary amides is 1. The summed E-state index contributed by atoms with van der Waals surface area (Å²) in [6.07, 6.45) is -0.946. The minimum absolute atomic E-state index is 0.0144. The highest BCUT2D eigenvalue weighted by Gasteiger charge is 2.72. The normalized spacial score (nSPS) is 35.6. The van der Waals surface area contributed by atoms with Crippen LogP contribution in [0.1, 0.15) is 6.92 Å². The Kier molecular flexibility index (Phi) is 3.26. The Hall–Kier alpha value is -2.39. The zero-order chi connectivity index (χ0) is 18.1. The van der Waals surface area contributed by atoms with Crippen LogP contribution in [0.25, 0.3) is 0 Å². The van der Waals surface area contributed by atoms with Gasteiger partial charge in [0.05, 0.1) is 24.8 Å². The fraction of sp³-hybridized carbons (Fsp3) is 0.562. The van der Waals surface area contributed by atoms with E-state index in [2.05, 4.69) is 5.32 Å². The maximum Gasteiger partial charge on any atom is 0.404 e. The first-order valence-electron chi connectivity index (χ1n) is 7.98. The molecule has 134 valence electrons. The fourth-order valence-electron chi connectivity index (χ4n) is 4.51. The maximum absolute atomic E-state index is 13.0. The van der Waals surface area contributed by atoms with Gasteiger partial charge in [-0.05, 0) is 6.92 Å². The molecule has 0 bridgehead atoms. The molecular weight excluding hydrogens is 330 g/mol. The van der Waals surface area contributed by atoms with Crippen LogP contribution >= 0.6 is 0 Å². The van der Waals surface area contributed by atoms with Gasteiger partial charge >= 0.3 is 6.09 Å². The van der Waals surface area contributed by atoms with Crippen LogP contribution in [0.3, 0.4) is 0 Å². The first kappa shape index (κ1) is 16.1. The van der Waals surface area contributed by atoms with Crippen LogP contribution in [0.2, 0.25) is 0 Å². The Balaban J connectivity index is 1.84. The number of carbonyl (C=O) groups is 3. The van der Waals surface area contributed by atoms with Gasteiger partial charge in [0, 0.05) is 30.8 Å². The molecule has 0 radical (unpaired) electrons. The molecule has 0 aromatic heterocycles. The van der Waals surface area contributed by atoms with Crippen LogP contribution in [0, 0.1) is 5.92 Å². The molecule has 2 saturated heterocycles. The molecule has 4 aliphatic rings. The van der Waals surface area contributed by atoms with Crippen molar-refractivity contribution in [2.24, 2.45) is 11.7 Å². The molecule has 2 fully saturated rings. The average Bonchev–Trinajstić information content (AvgIpc) is 3.18. The van der Waals surface area contributed by atoms with Gasteiger partial charge in [0.25, 0.3) is 0 Å². The van der Waals surface area contributed by atoms with Gasteiger partial charge in [0.1, 0.15) is 6.61 Å². The number of carbonyl (C=O) groups excluding carboxylic acids is 3. The second-order valence-corrected chi connectivity index (χ2v) is 6.58. The summed E-state index contributed by atoms with van der Waals surface area (Å²) >= 11 is 0. The summed E-state index contributed by atoms with van der Waals surface area (Å²) < 4.78 is 16.0. The molecule has 3 aliphatic heterocycles. The highest BCUT2D eigenvalue weighted by atomic mass is 16.6. The maximum atomic E-state index is 13.0. The van der Waals surface area contributed by atoms with Gasteiger partial charge in [-0.2, -0.15) is 0 Å². The largest absolute Gasteiger partial charge is 0.492 e. The van der Waals surface area contributed by atoms with E-state index in [0.717, 1.165) is 0 Å². The first-order chi connectivity index (χ1) is 11.9. The number of allylic oxidation sites excluding steroid dienone is 2. The van der Waals surface area contributed by atoms with Crippen LogP contribution in [0.15, 0.2) is 22.6 Å². The molecule has 3 heterocycles. The number of Topliss-reactive ketones (excluding diaryl/α,β-unsaturated/α-hetero) is 2. The first-order valence-corrected chi connectivity index (χ1v) is 7.98. The van der Waals surface area contributed by atoms with E-state index in [4.69, 9.17) is 19.9 Å². The lowest BCUT2D eigenvalue weighted by Crippen LogP contribution is -2.55. The van der Waals surface area contributed by atoms with Crippen LogP contribution < -0.4 is 11.1 Å². The lowest BCUT2D eigenvalue weighted by Gasteiger charge is -2.39. The van der Waals surface area contributed by atoms with Crippen LogP contribution in [-0.4, -0.2) is 67.7 Å². The van der Waals surface area contributed by atoms with Crippen molar-refractivity contribution in [3.05, 3.63) is 22.6 Å². The number of fused-ring (bicyclic) bond motifs is 4. The molecule has 1 aliphatic carbocycles. The standard InChI is InChI=1S/C16H19N3O6/c1-6-11(20)10-9(12(21)13(6)23-2)7(5-25-15(17)22)16(24-3)14-8(18-14)4-19(10)16/h7-8,14,18H,4-5H2,1-3H3,(H2,17,22)/t7-,8-,14-,16-/m0/s1. The van der Waals surface area contributed by atoms with Crippen LogP contribution in [-0.2, 0) is 23.8 Å². The van der Waals surface area contributed by atoms with Crippen LogP contribution in [0.4, 0.5) is 4.79 Å². The van der Waals surface area contributed by atoms with Gasteiger partial charge in [0.15, 0.2) is 11.5 Å². The number of ether oxygens (including phenoxy) is 3. The van der Waals surface area contributed by atoms with Crippen molar-refractivity contribution in [1.82, 2.24) is 10.2 Å². The summed E-state index contributed by atoms with van der Waals surface area (Å²) in [5, 5.41) is 3.29. The molecule has 0 aromatic carbocycles. The van der Waals surface area contributed by atoms with Gasteiger partial charge < -0.3 is 30.2 Å². The topological polar surface area (TPSA) is 130 Å². The van der Waals surface area contributed by atoms with Crippen molar-refractivity contribution < 1.29 is 28.6 Å². The summed E-state index contributed by atoms with van der Waals surface area (Å²) in [6, 6.07) is 0.109. The molecule has 1 amide bonds. The Morgan fingerprint density at radius 2 is 2.08 bits per heavy atom. The lowest BCUT2D eigenvalue weighted by molar-refractivity contribution is -0.137. The molecule has 0 unspecified atom stereocenters. The van der Waals surface area contributed by atoms with Gasteiger partial charge in [-0.25, -0.2) is 4.79 Å². The van der Waals surface area contributed by atoms with Crippen molar-refractivity contribution in [3.8, 4) is 0 Å². The van der Waals surface area contributed by atoms with Gasteiger partial charge in [-0.1, -0.05) is 0 Å². The number of nitrogens with two attached hydrogens (primary N) is 1. The van der Waals surface area contributed by atoms with Crippen molar-refractivity contribution in [2.45, 2.75) is 24.7 Å². The third kappa shape index (κ3) is 1.82.